The van der Waals surface area contributed by atoms with Gasteiger partial charge in [0.25, 0.3) is 0 Å². The molecule has 0 aliphatic carbocycles. The van der Waals surface area contributed by atoms with Crippen LogP contribution >= 0.6 is 45.3 Å². The van der Waals surface area contributed by atoms with Gasteiger partial charge in [0.2, 0.25) is 0 Å². The Hall–Kier alpha value is -7.40. The molecule has 4 aromatic heterocycles. The molecule has 0 aliphatic rings. The standard InChI is InChI=1S/C25H36O4S.2C24H34O4S.C23H32O4S/c1-8-25(9-2,22-13-12-20(30-22)23(27)28)17-10-11-19(18(14-17)16(3)4)29-15-21(26)24(5,6)7;1-8-24(9-2,20-13-12-19(29-20)21(25)26)17-10-11-18(16(3)14-17)28-15-23(7,27)22(4,5)6;1-7-16-14-17(10-11-18(16)28-15-20(25)23(4,5)6)24(8-2,9-3)21-13-12-19(29-21)22(26)27;1-7-23(8-2,20-12-11-18(28-20)21(25)26)16-9-10-17(15(3)13-16)27-14-19(24)22(4,5)6/h10-14,16,21,26H,8-9,15H2,1-7H3,(H,27,28);10-14,27H,8-9,15H2,1-7H3,(H,25,26);10-14,20,25H,7-9,15H2,1-6H3,(H,26,27);9-13,19,24H,7-8,14H2,1-6H3,(H,25,26). The van der Waals surface area contributed by atoms with Gasteiger partial charge >= 0.3 is 23.9 Å². The Labute approximate surface area is 708 Å². The first-order valence-electron chi connectivity index (χ1n) is 41.1. The molecule has 0 fully saturated rings. The zero-order valence-corrected chi connectivity index (χ0v) is 77.3. The summed E-state index contributed by atoms with van der Waals surface area (Å²) in [5.74, 6) is -0.121. The van der Waals surface area contributed by atoms with Gasteiger partial charge in [0.05, 0.1) is 18.3 Å². The quantitative estimate of drug-likeness (QED) is 0.0186. The van der Waals surface area contributed by atoms with Gasteiger partial charge in [0, 0.05) is 41.2 Å². The molecule has 4 aromatic carbocycles. The summed E-state index contributed by atoms with van der Waals surface area (Å²) in [6, 6.07) is 39.5. The smallest absolute Gasteiger partial charge is 0.345 e. The SMILES string of the molecule is CCC(CC)(c1ccc(OCC(C)(O)C(C)(C)C)c(C)c1)c1ccc(C(=O)O)s1.CCC(CC)(c1ccc(OCC(O)C(C)(C)C)c(C(C)C)c1)c1ccc(C(=O)O)s1.CCC(CC)(c1ccc(OCC(O)C(C)(C)C)c(C)c1)c1ccc(C(=O)O)s1.CCc1cc(C(CC)(CC)c2ccc(C(=O)O)s2)ccc1OCC(O)C(C)(C)C. The van der Waals surface area contributed by atoms with Gasteiger partial charge in [-0.05, 0) is 223 Å². The molecule has 0 amide bonds. The molecule has 4 atom stereocenters. The van der Waals surface area contributed by atoms with E-state index in [0.717, 1.165) is 134 Å². The van der Waals surface area contributed by atoms with Gasteiger partial charge in [0.15, 0.2) is 0 Å². The Balaban J connectivity index is 0.000000276. The molecule has 4 heterocycles. The van der Waals surface area contributed by atoms with E-state index in [1.807, 2.05) is 145 Å². The maximum Gasteiger partial charge on any atom is 0.345 e. The largest absolute Gasteiger partial charge is 0.491 e. The molecule has 0 radical (unpaired) electrons. The fraction of sp³-hybridized carbons (Fsp3) is 0.542. The number of aromatic carboxylic acids is 4. The topological polar surface area (TPSA) is 267 Å². The first kappa shape index (κ1) is 99.2. The van der Waals surface area contributed by atoms with Crippen molar-refractivity contribution in [2.45, 2.75) is 289 Å². The molecule has 0 bridgehead atoms. The summed E-state index contributed by atoms with van der Waals surface area (Å²) in [6.07, 6.45) is 6.22. The van der Waals surface area contributed by atoms with Crippen LogP contribution < -0.4 is 18.9 Å². The van der Waals surface area contributed by atoms with Gasteiger partial charge in [0.1, 0.15) is 74.5 Å². The Morgan fingerprint density at radius 2 is 0.612 bits per heavy atom. The van der Waals surface area contributed by atoms with Crippen LogP contribution in [0.15, 0.2) is 121 Å². The number of benzene rings is 4. The van der Waals surface area contributed by atoms with E-state index in [1.54, 1.807) is 31.2 Å². The van der Waals surface area contributed by atoms with Gasteiger partial charge in [-0.15, -0.1) is 45.3 Å². The van der Waals surface area contributed by atoms with Crippen molar-refractivity contribution in [2.75, 3.05) is 26.4 Å². The molecule has 8 N–H and O–H groups in total. The molecule has 8 aromatic rings. The Morgan fingerprint density at radius 1 is 0.353 bits per heavy atom. The highest BCUT2D eigenvalue weighted by Crippen LogP contribution is 2.49. The fourth-order valence-electron chi connectivity index (χ4n) is 14.1. The third kappa shape index (κ3) is 24.0. The molecule has 20 heteroatoms. The number of rotatable bonds is 34. The minimum absolute atomic E-state index is 0.216. The number of carboxylic acid groups (broad SMARTS) is 4. The lowest BCUT2D eigenvalue weighted by Crippen LogP contribution is -2.45. The maximum absolute atomic E-state index is 11.4. The molecule has 0 aliphatic heterocycles. The molecule has 4 unspecified atom stereocenters. The van der Waals surface area contributed by atoms with Crippen molar-refractivity contribution in [3.63, 3.8) is 0 Å². The maximum atomic E-state index is 11.4. The highest BCUT2D eigenvalue weighted by molar-refractivity contribution is 7.15. The minimum Gasteiger partial charge on any atom is -0.491 e. The minimum atomic E-state index is -0.946. The van der Waals surface area contributed by atoms with Gasteiger partial charge < -0.3 is 59.8 Å². The number of thiophene rings is 4. The summed E-state index contributed by atoms with van der Waals surface area (Å²) >= 11 is 5.44. The lowest BCUT2D eigenvalue weighted by atomic mass is 9.73. The van der Waals surface area contributed by atoms with E-state index in [9.17, 15) is 60.0 Å². The molecule has 16 nitrogen and oxygen atoms in total. The molecule has 116 heavy (non-hydrogen) atoms. The number of ether oxygens (including phenoxy) is 4. The van der Waals surface area contributed by atoms with Crippen LogP contribution in [0.25, 0.3) is 0 Å². The lowest BCUT2D eigenvalue weighted by molar-refractivity contribution is -0.0725. The van der Waals surface area contributed by atoms with Crippen molar-refractivity contribution in [2.24, 2.45) is 21.7 Å². The second kappa shape index (κ2) is 41.5. The van der Waals surface area contributed by atoms with E-state index in [4.69, 9.17) is 18.9 Å². The summed E-state index contributed by atoms with van der Waals surface area (Å²) in [6.45, 7) is 54.3. The molecule has 0 spiro atoms. The van der Waals surface area contributed by atoms with Crippen molar-refractivity contribution in [3.8, 4) is 23.0 Å². The van der Waals surface area contributed by atoms with Gasteiger partial charge in [-0.1, -0.05) is 208 Å². The van der Waals surface area contributed by atoms with E-state index < -0.39 is 47.8 Å². The van der Waals surface area contributed by atoms with Crippen LogP contribution in [0.5, 0.6) is 23.0 Å². The van der Waals surface area contributed by atoms with Crippen molar-refractivity contribution in [3.05, 3.63) is 205 Å². The van der Waals surface area contributed by atoms with Crippen LogP contribution in [-0.2, 0) is 28.1 Å². The highest BCUT2D eigenvalue weighted by Gasteiger charge is 2.40. The summed E-state index contributed by atoms with van der Waals surface area (Å²) in [5.41, 5.74) is 6.10. The zero-order valence-electron chi connectivity index (χ0n) is 74.0. The van der Waals surface area contributed by atoms with Gasteiger partial charge in [-0.25, -0.2) is 19.2 Å². The molecule has 0 saturated heterocycles. The molecule has 8 rings (SSSR count). The van der Waals surface area contributed by atoms with Crippen molar-refractivity contribution >= 4 is 69.2 Å². The van der Waals surface area contributed by atoms with Gasteiger partial charge in [-0.3, -0.25) is 0 Å². The summed E-state index contributed by atoms with van der Waals surface area (Å²) in [5, 5.41) is 78.9. The molecule has 0 saturated carbocycles. The number of aliphatic hydroxyl groups is 4. The van der Waals surface area contributed by atoms with Gasteiger partial charge in [-0.2, -0.15) is 0 Å². The first-order valence-corrected chi connectivity index (χ1v) is 44.4. The van der Waals surface area contributed by atoms with E-state index in [-0.39, 0.29) is 75.7 Å². The lowest BCUT2D eigenvalue weighted by Gasteiger charge is -2.37. The molecular weight excluding hydrogens is 1540 g/mol. The predicted octanol–water partition coefficient (Wildman–Crippen LogP) is 24.0. The Bertz CT molecular complexity index is 4480. The normalized spacial score (nSPS) is 13.7. The van der Waals surface area contributed by atoms with E-state index in [1.165, 1.54) is 56.5 Å². The number of carbonyl (C=O) groups is 4. The third-order valence-corrected chi connectivity index (χ3v) is 29.0. The van der Waals surface area contributed by atoms with E-state index >= 15 is 0 Å². The summed E-state index contributed by atoms with van der Waals surface area (Å²) in [4.78, 5) is 51.3. The summed E-state index contributed by atoms with van der Waals surface area (Å²) < 4.78 is 23.9. The third-order valence-electron chi connectivity index (χ3n) is 23.9. The average molecular weight is 1670 g/mol. The van der Waals surface area contributed by atoms with Crippen LogP contribution in [0.4, 0.5) is 0 Å². The van der Waals surface area contributed by atoms with Crippen LogP contribution in [0.1, 0.15) is 326 Å². The number of aliphatic hydroxyl groups excluding tert-OH is 3. The summed E-state index contributed by atoms with van der Waals surface area (Å²) in [7, 11) is 0. The Morgan fingerprint density at radius 3 is 0.862 bits per heavy atom. The number of hydrogen-bond donors (Lipinski definition) is 8. The molecular formula is C96H136O16S4. The second-order valence-electron chi connectivity index (χ2n) is 35.5. The average Bonchev–Trinajstić information content (AvgIpc) is 1.52. The number of hydrogen-bond acceptors (Lipinski definition) is 16. The van der Waals surface area contributed by atoms with Crippen LogP contribution in [0.3, 0.4) is 0 Å². The van der Waals surface area contributed by atoms with Crippen LogP contribution in [-0.4, -0.2) is 115 Å². The van der Waals surface area contributed by atoms with Crippen molar-refractivity contribution in [1.29, 1.82) is 0 Å². The second-order valence-corrected chi connectivity index (χ2v) is 39.8. The molecule has 640 valence electrons. The number of aryl methyl sites for hydroxylation is 3. The number of carboxylic acids is 4. The van der Waals surface area contributed by atoms with E-state index in [2.05, 4.69) is 125 Å². The monoisotopic (exact) mass is 1670 g/mol. The zero-order chi connectivity index (χ0) is 87.7. The van der Waals surface area contributed by atoms with Crippen molar-refractivity contribution in [1.82, 2.24) is 0 Å². The fourth-order valence-corrected chi connectivity index (χ4v) is 18.9. The predicted molar refractivity (Wildman–Crippen MR) is 478 cm³/mol. The van der Waals surface area contributed by atoms with E-state index in [0.29, 0.717) is 19.5 Å². The first-order chi connectivity index (χ1) is 54.0. The van der Waals surface area contributed by atoms with Crippen LogP contribution in [0, 0.1) is 35.5 Å². The Kier molecular flexibility index (Phi) is 35.5. The van der Waals surface area contributed by atoms with Crippen LogP contribution in [0.2, 0.25) is 0 Å². The highest BCUT2D eigenvalue weighted by atomic mass is 32.1. The van der Waals surface area contributed by atoms with Crippen molar-refractivity contribution < 1.29 is 79.0 Å².